The maximum atomic E-state index is 9.50. The summed E-state index contributed by atoms with van der Waals surface area (Å²) in [7, 11) is 0. The van der Waals surface area contributed by atoms with Gasteiger partial charge in [-0.15, -0.1) is 0 Å². The highest BCUT2D eigenvalue weighted by Crippen LogP contribution is 2.26. The van der Waals surface area contributed by atoms with Crippen LogP contribution in [0.25, 0.3) is 0 Å². The zero-order chi connectivity index (χ0) is 11.5. The molecule has 1 aromatic carbocycles. The van der Waals surface area contributed by atoms with Crippen molar-refractivity contribution in [2.75, 3.05) is 0 Å². The van der Waals surface area contributed by atoms with Crippen molar-refractivity contribution in [2.45, 2.75) is 13.3 Å². The first-order chi connectivity index (χ1) is 7.66. The van der Waals surface area contributed by atoms with Crippen LogP contribution in [0.15, 0.2) is 36.4 Å². The second kappa shape index (κ2) is 4.54. The Labute approximate surface area is 99.5 Å². The molecule has 1 aromatic heterocycles. The second-order valence-electron chi connectivity index (χ2n) is 3.73. The van der Waals surface area contributed by atoms with Crippen molar-refractivity contribution in [3.05, 3.63) is 58.4 Å². The van der Waals surface area contributed by atoms with Crippen molar-refractivity contribution in [1.82, 2.24) is 4.98 Å². The lowest BCUT2D eigenvalue weighted by Gasteiger charge is -2.05. The average molecular weight is 234 g/mol. The number of rotatable bonds is 2. The molecule has 0 fully saturated rings. The first-order valence-corrected chi connectivity index (χ1v) is 5.43. The van der Waals surface area contributed by atoms with Crippen LogP contribution in [0.1, 0.15) is 16.8 Å². The fourth-order valence-electron chi connectivity index (χ4n) is 1.59. The second-order valence-corrected chi connectivity index (χ2v) is 4.09. The Hall–Kier alpha value is -1.54. The smallest absolute Gasteiger partial charge is 0.171 e. The summed E-state index contributed by atoms with van der Waals surface area (Å²) in [5.74, 6) is 0.0680. The topological polar surface area (TPSA) is 33.1 Å². The molecule has 0 amide bonds. The number of benzene rings is 1. The van der Waals surface area contributed by atoms with Crippen LogP contribution in [-0.2, 0) is 6.42 Å². The fourth-order valence-corrected chi connectivity index (χ4v) is 1.85. The van der Waals surface area contributed by atoms with Crippen LogP contribution < -0.4 is 0 Å². The highest BCUT2D eigenvalue weighted by atomic mass is 35.5. The van der Waals surface area contributed by atoms with Gasteiger partial charge in [-0.2, -0.15) is 0 Å². The van der Waals surface area contributed by atoms with Crippen LogP contribution in [0, 0.1) is 6.92 Å². The van der Waals surface area contributed by atoms with Gasteiger partial charge in [-0.1, -0.05) is 41.9 Å². The molecule has 0 aliphatic carbocycles. The number of hydrogen-bond donors (Lipinski definition) is 1. The SMILES string of the molecule is Cc1cc(Cc2ccccc2)nc(Cl)c1O. The quantitative estimate of drug-likeness (QED) is 0.807. The molecule has 0 bridgehead atoms. The minimum absolute atomic E-state index is 0.0680. The van der Waals surface area contributed by atoms with E-state index in [9.17, 15) is 5.11 Å². The highest BCUT2D eigenvalue weighted by Gasteiger charge is 2.06. The standard InChI is InChI=1S/C13H12ClNO/c1-9-7-11(15-13(14)12(9)16)8-10-5-3-2-4-6-10/h2-7,16H,8H2,1H3. The summed E-state index contributed by atoms with van der Waals surface area (Å²) < 4.78 is 0. The monoisotopic (exact) mass is 233 g/mol. The van der Waals surface area contributed by atoms with Gasteiger partial charge in [-0.05, 0) is 24.1 Å². The van der Waals surface area contributed by atoms with E-state index in [2.05, 4.69) is 4.98 Å². The van der Waals surface area contributed by atoms with Gasteiger partial charge in [0.05, 0.1) is 0 Å². The number of aryl methyl sites for hydroxylation is 1. The number of hydrogen-bond acceptors (Lipinski definition) is 2. The Morgan fingerprint density at radius 2 is 1.94 bits per heavy atom. The molecule has 1 N–H and O–H groups in total. The molecule has 0 radical (unpaired) electrons. The van der Waals surface area contributed by atoms with Gasteiger partial charge < -0.3 is 5.11 Å². The van der Waals surface area contributed by atoms with E-state index >= 15 is 0 Å². The third-order valence-electron chi connectivity index (χ3n) is 2.42. The lowest BCUT2D eigenvalue weighted by Crippen LogP contribution is -1.94. The summed E-state index contributed by atoms with van der Waals surface area (Å²) in [6.07, 6.45) is 0.724. The van der Waals surface area contributed by atoms with Gasteiger partial charge in [0.1, 0.15) is 0 Å². The summed E-state index contributed by atoms with van der Waals surface area (Å²) in [4.78, 5) is 4.14. The molecule has 0 saturated carbocycles. The minimum Gasteiger partial charge on any atom is -0.505 e. The van der Waals surface area contributed by atoms with Gasteiger partial charge in [-0.3, -0.25) is 0 Å². The molecule has 16 heavy (non-hydrogen) atoms. The van der Waals surface area contributed by atoms with Crippen molar-refractivity contribution >= 4 is 11.6 Å². The fraction of sp³-hybridized carbons (Fsp3) is 0.154. The summed E-state index contributed by atoms with van der Waals surface area (Å²) in [5.41, 5.74) is 2.80. The molecular weight excluding hydrogens is 222 g/mol. The van der Waals surface area contributed by atoms with E-state index in [1.807, 2.05) is 43.3 Å². The normalized spacial score (nSPS) is 10.4. The third kappa shape index (κ3) is 2.34. The zero-order valence-corrected chi connectivity index (χ0v) is 9.70. The van der Waals surface area contributed by atoms with Crippen molar-refractivity contribution in [1.29, 1.82) is 0 Å². The Morgan fingerprint density at radius 3 is 2.56 bits per heavy atom. The molecule has 1 heterocycles. The van der Waals surface area contributed by atoms with Crippen molar-refractivity contribution in [2.24, 2.45) is 0 Å². The summed E-state index contributed by atoms with van der Waals surface area (Å²) in [6.45, 7) is 1.82. The van der Waals surface area contributed by atoms with E-state index in [4.69, 9.17) is 11.6 Å². The molecule has 82 valence electrons. The predicted molar refractivity (Wildman–Crippen MR) is 64.9 cm³/mol. The van der Waals surface area contributed by atoms with Gasteiger partial charge in [0.2, 0.25) is 0 Å². The molecule has 0 aliphatic rings. The van der Waals surface area contributed by atoms with Crippen LogP contribution in [0.5, 0.6) is 5.75 Å². The molecule has 2 nitrogen and oxygen atoms in total. The molecule has 2 aromatic rings. The van der Waals surface area contributed by atoms with Crippen LogP contribution in [0.2, 0.25) is 5.15 Å². The molecule has 0 unspecified atom stereocenters. The molecule has 0 spiro atoms. The lowest BCUT2D eigenvalue weighted by molar-refractivity contribution is 0.468. The number of pyridine rings is 1. The maximum Gasteiger partial charge on any atom is 0.171 e. The summed E-state index contributed by atoms with van der Waals surface area (Å²) in [6, 6.07) is 11.9. The minimum atomic E-state index is 0.0680. The highest BCUT2D eigenvalue weighted by molar-refractivity contribution is 6.30. The molecule has 0 atom stereocenters. The van der Waals surface area contributed by atoms with Crippen LogP contribution >= 0.6 is 11.6 Å². The Bertz CT molecular complexity index is 474. The van der Waals surface area contributed by atoms with E-state index in [0.717, 1.165) is 17.7 Å². The van der Waals surface area contributed by atoms with E-state index in [1.54, 1.807) is 0 Å². The third-order valence-corrected chi connectivity index (χ3v) is 2.69. The summed E-state index contributed by atoms with van der Waals surface area (Å²) >= 11 is 5.82. The Kier molecular flexibility index (Phi) is 3.11. The average Bonchev–Trinajstić information content (AvgIpc) is 2.27. The molecule has 0 saturated heterocycles. The summed E-state index contributed by atoms with van der Waals surface area (Å²) in [5, 5.41) is 9.67. The van der Waals surface area contributed by atoms with Gasteiger partial charge in [0, 0.05) is 12.1 Å². The van der Waals surface area contributed by atoms with Crippen LogP contribution in [0.3, 0.4) is 0 Å². The van der Waals surface area contributed by atoms with Crippen molar-refractivity contribution in [3.8, 4) is 5.75 Å². The number of nitrogens with zero attached hydrogens (tertiary/aromatic N) is 1. The first-order valence-electron chi connectivity index (χ1n) is 5.05. The van der Waals surface area contributed by atoms with E-state index in [-0.39, 0.29) is 10.9 Å². The van der Waals surface area contributed by atoms with Gasteiger partial charge in [0.15, 0.2) is 10.9 Å². The van der Waals surface area contributed by atoms with Gasteiger partial charge in [-0.25, -0.2) is 4.98 Å². The first kappa shape index (κ1) is 11.0. The Balaban J connectivity index is 2.29. The maximum absolute atomic E-state index is 9.50. The molecular formula is C13H12ClNO. The van der Waals surface area contributed by atoms with E-state index < -0.39 is 0 Å². The molecule has 0 aliphatic heterocycles. The van der Waals surface area contributed by atoms with Crippen LogP contribution in [0.4, 0.5) is 0 Å². The van der Waals surface area contributed by atoms with E-state index in [1.165, 1.54) is 5.56 Å². The van der Waals surface area contributed by atoms with Crippen molar-refractivity contribution < 1.29 is 5.11 Å². The van der Waals surface area contributed by atoms with E-state index in [0.29, 0.717) is 0 Å². The Morgan fingerprint density at radius 1 is 1.25 bits per heavy atom. The number of aromatic nitrogens is 1. The molecule has 2 rings (SSSR count). The van der Waals surface area contributed by atoms with Crippen molar-refractivity contribution in [3.63, 3.8) is 0 Å². The van der Waals surface area contributed by atoms with Gasteiger partial charge in [0.25, 0.3) is 0 Å². The zero-order valence-electron chi connectivity index (χ0n) is 8.94. The van der Waals surface area contributed by atoms with Crippen LogP contribution in [-0.4, -0.2) is 10.1 Å². The molecule has 3 heteroatoms. The number of aromatic hydroxyl groups is 1. The lowest BCUT2D eigenvalue weighted by atomic mass is 10.1. The number of halogens is 1. The predicted octanol–water partition coefficient (Wildman–Crippen LogP) is 3.34. The largest absolute Gasteiger partial charge is 0.505 e. The van der Waals surface area contributed by atoms with Gasteiger partial charge >= 0.3 is 0 Å².